The Bertz CT molecular complexity index is 434. The minimum absolute atomic E-state index is 0.0368. The lowest BCUT2D eigenvalue weighted by Gasteiger charge is -2.04. The van der Waals surface area contributed by atoms with E-state index in [1.54, 1.807) is 0 Å². The van der Waals surface area contributed by atoms with Gasteiger partial charge in [-0.05, 0) is 6.54 Å². The summed E-state index contributed by atoms with van der Waals surface area (Å²) in [5, 5.41) is 5.59. The molecule has 1 heterocycles. The van der Waals surface area contributed by atoms with Gasteiger partial charge in [0.25, 0.3) is 11.5 Å². The fraction of sp³-hybridized carbons (Fsp3) is 0.444. The van der Waals surface area contributed by atoms with Crippen LogP contribution in [0.25, 0.3) is 0 Å². The normalized spacial score (nSPS) is 10.1. The molecule has 0 aliphatic heterocycles. The fourth-order valence-electron chi connectivity index (χ4n) is 1.13. The first-order chi connectivity index (χ1) is 7.63. The van der Waals surface area contributed by atoms with E-state index in [1.165, 1.54) is 0 Å². The molecule has 0 atom stereocenters. The minimum atomic E-state index is -0.690. The number of rotatable bonds is 5. The molecule has 1 amide bonds. The summed E-state index contributed by atoms with van der Waals surface area (Å²) < 4.78 is 0. The summed E-state index contributed by atoms with van der Waals surface area (Å²) in [6.45, 7) is 3.84. The van der Waals surface area contributed by atoms with Crippen molar-refractivity contribution in [3.05, 3.63) is 32.6 Å². The van der Waals surface area contributed by atoms with E-state index in [4.69, 9.17) is 0 Å². The highest BCUT2D eigenvalue weighted by Gasteiger charge is 2.06. The first-order valence-corrected chi connectivity index (χ1v) is 4.96. The maximum absolute atomic E-state index is 11.5. The molecule has 7 nitrogen and oxygen atoms in total. The summed E-state index contributed by atoms with van der Waals surface area (Å²) in [5.74, 6) is -0.471. The average molecular weight is 226 g/mol. The molecule has 0 bridgehead atoms. The van der Waals surface area contributed by atoms with E-state index >= 15 is 0 Å². The molecule has 1 aromatic rings. The number of amides is 1. The molecule has 0 spiro atoms. The van der Waals surface area contributed by atoms with Crippen LogP contribution in [0, 0.1) is 0 Å². The number of carbonyl (C=O) groups is 1. The second-order valence-corrected chi connectivity index (χ2v) is 3.11. The second-order valence-electron chi connectivity index (χ2n) is 3.11. The van der Waals surface area contributed by atoms with Gasteiger partial charge >= 0.3 is 5.69 Å². The van der Waals surface area contributed by atoms with Crippen molar-refractivity contribution in [3.63, 3.8) is 0 Å². The van der Waals surface area contributed by atoms with Crippen molar-refractivity contribution >= 4 is 5.91 Å². The number of carbonyl (C=O) groups excluding carboxylic acids is 1. The van der Waals surface area contributed by atoms with Crippen LogP contribution in [0.3, 0.4) is 0 Å². The quantitative estimate of drug-likeness (QED) is 0.454. The topological polar surface area (TPSA) is 107 Å². The predicted molar refractivity (Wildman–Crippen MR) is 58.6 cm³/mol. The summed E-state index contributed by atoms with van der Waals surface area (Å²) in [7, 11) is 0. The molecular weight excluding hydrogens is 212 g/mol. The number of aromatic amines is 2. The molecule has 0 aliphatic rings. The first-order valence-electron chi connectivity index (χ1n) is 4.96. The maximum Gasteiger partial charge on any atom is 0.326 e. The molecule has 16 heavy (non-hydrogen) atoms. The molecule has 0 saturated carbocycles. The monoisotopic (exact) mass is 226 g/mol. The zero-order valence-corrected chi connectivity index (χ0v) is 8.92. The fourth-order valence-corrected chi connectivity index (χ4v) is 1.13. The SMILES string of the molecule is CCNCCNC(=O)c1cc(=O)[nH]c(=O)[nH]1. The molecule has 88 valence electrons. The van der Waals surface area contributed by atoms with Crippen molar-refractivity contribution < 1.29 is 4.79 Å². The molecule has 0 unspecified atom stereocenters. The van der Waals surface area contributed by atoms with Gasteiger partial charge in [-0.2, -0.15) is 0 Å². The third kappa shape index (κ3) is 3.70. The third-order valence-electron chi connectivity index (χ3n) is 1.84. The summed E-state index contributed by atoms with van der Waals surface area (Å²) in [5.41, 5.74) is -1.32. The van der Waals surface area contributed by atoms with E-state index in [-0.39, 0.29) is 5.69 Å². The lowest BCUT2D eigenvalue weighted by atomic mass is 10.4. The molecule has 4 N–H and O–H groups in total. The van der Waals surface area contributed by atoms with Gasteiger partial charge in [0.2, 0.25) is 0 Å². The minimum Gasteiger partial charge on any atom is -0.349 e. The van der Waals surface area contributed by atoms with Crippen molar-refractivity contribution in [3.8, 4) is 0 Å². The largest absolute Gasteiger partial charge is 0.349 e. The second kappa shape index (κ2) is 5.86. The molecule has 0 fully saturated rings. The number of hydrogen-bond donors (Lipinski definition) is 4. The van der Waals surface area contributed by atoms with Gasteiger partial charge in [0.1, 0.15) is 5.69 Å². The Morgan fingerprint density at radius 3 is 2.69 bits per heavy atom. The van der Waals surface area contributed by atoms with E-state index in [1.807, 2.05) is 11.9 Å². The molecule has 1 aromatic heterocycles. The van der Waals surface area contributed by atoms with Gasteiger partial charge in [-0.15, -0.1) is 0 Å². The van der Waals surface area contributed by atoms with Crippen molar-refractivity contribution in [1.29, 1.82) is 0 Å². The number of aromatic nitrogens is 2. The first kappa shape index (κ1) is 12.2. The lowest BCUT2D eigenvalue weighted by molar-refractivity contribution is 0.0948. The van der Waals surface area contributed by atoms with E-state index in [2.05, 4.69) is 15.6 Å². The molecule has 0 aromatic carbocycles. The standard InChI is InChI=1S/C9H14N4O3/c1-2-10-3-4-11-8(15)6-5-7(14)13-9(16)12-6/h5,10H,2-4H2,1H3,(H,11,15)(H2,12,13,14,16). The Labute approximate surface area is 91.3 Å². The zero-order chi connectivity index (χ0) is 12.0. The van der Waals surface area contributed by atoms with Gasteiger partial charge < -0.3 is 15.6 Å². The summed E-state index contributed by atoms with van der Waals surface area (Å²) >= 11 is 0. The molecular formula is C9H14N4O3. The molecule has 1 rings (SSSR count). The number of H-pyrrole nitrogens is 2. The van der Waals surface area contributed by atoms with E-state index in [9.17, 15) is 14.4 Å². The van der Waals surface area contributed by atoms with E-state index in [0.29, 0.717) is 13.1 Å². The van der Waals surface area contributed by atoms with Crippen molar-refractivity contribution in [1.82, 2.24) is 20.6 Å². The molecule has 0 aliphatic carbocycles. The van der Waals surface area contributed by atoms with Crippen LogP contribution in [-0.2, 0) is 0 Å². The van der Waals surface area contributed by atoms with E-state index < -0.39 is 17.2 Å². The van der Waals surface area contributed by atoms with Crippen LogP contribution < -0.4 is 21.9 Å². The van der Waals surface area contributed by atoms with Gasteiger partial charge in [-0.1, -0.05) is 6.92 Å². The molecule has 7 heteroatoms. The average Bonchev–Trinajstić information content (AvgIpc) is 2.22. The summed E-state index contributed by atoms with van der Waals surface area (Å²) in [6.07, 6.45) is 0. The smallest absolute Gasteiger partial charge is 0.326 e. The maximum atomic E-state index is 11.5. The Balaban J connectivity index is 2.59. The highest BCUT2D eigenvalue weighted by molar-refractivity contribution is 5.91. The van der Waals surface area contributed by atoms with Crippen LogP contribution in [0.5, 0.6) is 0 Å². The van der Waals surface area contributed by atoms with Crippen molar-refractivity contribution in [2.24, 2.45) is 0 Å². The van der Waals surface area contributed by atoms with Crippen LogP contribution in [0.1, 0.15) is 17.4 Å². The highest BCUT2D eigenvalue weighted by Crippen LogP contribution is 1.83. The number of nitrogens with one attached hydrogen (secondary N) is 4. The van der Waals surface area contributed by atoms with Gasteiger partial charge in [0.15, 0.2) is 0 Å². The third-order valence-corrected chi connectivity index (χ3v) is 1.84. The summed E-state index contributed by atoms with van der Waals surface area (Å²) in [4.78, 5) is 37.5. The Morgan fingerprint density at radius 1 is 1.31 bits per heavy atom. The predicted octanol–water partition coefficient (Wildman–Crippen LogP) is -1.60. The lowest BCUT2D eigenvalue weighted by Crippen LogP contribution is -2.34. The number of hydrogen-bond acceptors (Lipinski definition) is 4. The van der Waals surface area contributed by atoms with Crippen LogP contribution in [0.15, 0.2) is 15.7 Å². The number of likely N-dealkylation sites (N-methyl/N-ethyl adjacent to an activating group) is 1. The van der Waals surface area contributed by atoms with E-state index in [0.717, 1.165) is 12.6 Å². The van der Waals surface area contributed by atoms with Crippen LogP contribution in [0.2, 0.25) is 0 Å². The highest BCUT2D eigenvalue weighted by atomic mass is 16.2. The van der Waals surface area contributed by atoms with Crippen molar-refractivity contribution in [2.75, 3.05) is 19.6 Å². The van der Waals surface area contributed by atoms with Crippen LogP contribution in [0.4, 0.5) is 0 Å². The molecule has 0 saturated heterocycles. The van der Waals surface area contributed by atoms with Crippen LogP contribution in [-0.4, -0.2) is 35.5 Å². The molecule has 0 radical (unpaired) electrons. The Hall–Kier alpha value is -1.89. The van der Waals surface area contributed by atoms with Gasteiger partial charge in [-0.25, -0.2) is 4.79 Å². The Kier molecular flexibility index (Phi) is 4.46. The summed E-state index contributed by atoms with van der Waals surface area (Å²) in [6, 6.07) is 1.05. The van der Waals surface area contributed by atoms with Gasteiger partial charge in [0, 0.05) is 19.2 Å². The van der Waals surface area contributed by atoms with Gasteiger partial charge in [-0.3, -0.25) is 14.6 Å². The Morgan fingerprint density at radius 2 is 2.06 bits per heavy atom. The van der Waals surface area contributed by atoms with Crippen molar-refractivity contribution in [2.45, 2.75) is 6.92 Å². The van der Waals surface area contributed by atoms with Crippen LogP contribution >= 0.6 is 0 Å². The zero-order valence-electron chi connectivity index (χ0n) is 8.92. The van der Waals surface area contributed by atoms with Gasteiger partial charge in [0.05, 0.1) is 0 Å².